The van der Waals surface area contributed by atoms with Gasteiger partial charge in [0, 0.05) is 48.9 Å². The van der Waals surface area contributed by atoms with Crippen LogP contribution in [0.2, 0.25) is 0 Å². The van der Waals surface area contributed by atoms with Crippen molar-refractivity contribution >= 4 is 11.7 Å². The van der Waals surface area contributed by atoms with Crippen molar-refractivity contribution in [3.8, 4) is 0 Å². The van der Waals surface area contributed by atoms with Crippen LogP contribution < -0.4 is 5.73 Å². The molecule has 0 atom stereocenters. The molecule has 5 heteroatoms. The Hall–Kier alpha value is -1.36. The average molecular weight is 308 g/mol. The van der Waals surface area contributed by atoms with E-state index in [9.17, 15) is 4.79 Å². The molecular formula is C17H32N4O. The van der Waals surface area contributed by atoms with Gasteiger partial charge in [-0.15, -0.1) is 0 Å². The van der Waals surface area contributed by atoms with Gasteiger partial charge in [-0.3, -0.25) is 9.69 Å². The minimum Gasteiger partial charge on any atom is -0.370 e. The Balaban J connectivity index is 2.66. The standard InChI is InChI=1S/C17H32N4O/c1-13(14(22)16(2,3)4)12-19-15(18)20-8-10-21(11-9-20)17(5,6)7/h12H,8-11H2,1-7H3,(H2,18,19)/b13-12+. The van der Waals surface area contributed by atoms with Gasteiger partial charge in [0.2, 0.25) is 0 Å². The van der Waals surface area contributed by atoms with E-state index in [4.69, 9.17) is 5.73 Å². The highest BCUT2D eigenvalue weighted by atomic mass is 16.1. The van der Waals surface area contributed by atoms with Crippen LogP contribution in [0.15, 0.2) is 16.8 Å². The number of hydrogen-bond acceptors (Lipinski definition) is 3. The third kappa shape index (κ3) is 5.13. The maximum Gasteiger partial charge on any atom is 0.195 e. The van der Waals surface area contributed by atoms with Crippen LogP contribution >= 0.6 is 0 Å². The van der Waals surface area contributed by atoms with Crippen LogP contribution in [0.25, 0.3) is 0 Å². The van der Waals surface area contributed by atoms with Crippen molar-refractivity contribution in [2.45, 2.75) is 54.0 Å². The van der Waals surface area contributed by atoms with Crippen LogP contribution in [0.1, 0.15) is 48.5 Å². The molecule has 0 radical (unpaired) electrons. The molecule has 1 saturated heterocycles. The molecule has 0 saturated carbocycles. The van der Waals surface area contributed by atoms with Crippen LogP contribution in [0.5, 0.6) is 0 Å². The van der Waals surface area contributed by atoms with Gasteiger partial charge in [-0.2, -0.15) is 0 Å². The predicted octanol–water partition coefficient (Wildman–Crippen LogP) is 2.24. The van der Waals surface area contributed by atoms with E-state index in [-0.39, 0.29) is 16.7 Å². The SMILES string of the molecule is C/C(=C\N=C(N)N1CCN(C(C)(C)C)CC1)C(=O)C(C)(C)C. The van der Waals surface area contributed by atoms with Gasteiger partial charge in [0.05, 0.1) is 0 Å². The van der Waals surface area contributed by atoms with E-state index in [1.54, 1.807) is 13.1 Å². The number of nitrogens with two attached hydrogens (primary N) is 1. The van der Waals surface area contributed by atoms with E-state index in [1.807, 2.05) is 20.8 Å². The first kappa shape index (κ1) is 18.7. The topological polar surface area (TPSA) is 61.9 Å². The summed E-state index contributed by atoms with van der Waals surface area (Å²) in [7, 11) is 0. The van der Waals surface area contributed by atoms with Gasteiger partial charge in [0.25, 0.3) is 0 Å². The third-order valence-electron chi connectivity index (χ3n) is 3.98. The normalized spacial score (nSPS) is 19.5. The molecule has 1 aliphatic rings. The first-order valence-corrected chi connectivity index (χ1v) is 7.98. The van der Waals surface area contributed by atoms with Gasteiger partial charge < -0.3 is 10.6 Å². The van der Waals surface area contributed by atoms with Crippen LogP contribution in [0.4, 0.5) is 0 Å². The molecule has 0 spiro atoms. The summed E-state index contributed by atoms with van der Waals surface area (Å²) >= 11 is 0. The van der Waals surface area contributed by atoms with Gasteiger partial charge in [0.1, 0.15) is 0 Å². The zero-order valence-electron chi connectivity index (χ0n) is 15.2. The van der Waals surface area contributed by atoms with E-state index >= 15 is 0 Å². The van der Waals surface area contributed by atoms with Crippen molar-refractivity contribution in [1.29, 1.82) is 0 Å². The van der Waals surface area contributed by atoms with E-state index < -0.39 is 0 Å². The highest BCUT2D eigenvalue weighted by Crippen LogP contribution is 2.19. The Labute approximate surface area is 135 Å². The molecular weight excluding hydrogens is 276 g/mol. The number of Topliss-reactive ketones (excluding diaryl/α,β-unsaturated/α-hetero) is 1. The number of hydrogen-bond donors (Lipinski definition) is 1. The number of guanidine groups is 1. The predicted molar refractivity (Wildman–Crippen MR) is 92.7 cm³/mol. The summed E-state index contributed by atoms with van der Waals surface area (Å²) < 4.78 is 0. The quantitative estimate of drug-likeness (QED) is 0.483. The number of carbonyl (C=O) groups excluding carboxylic acids is 1. The fraction of sp³-hybridized carbons (Fsp3) is 0.765. The number of allylic oxidation sites excluding steroid dienone is 1. The third-order valence-corrected chi connectivity index (χ3v) is 3.98. The molecule has 0 aromatic rings. The van der Waals surface area contributed by atoms with E-state index in [1.165, 1.54) is 0 Å². The molecule has 22 heavy (non-hydrogen) atoms. The maximum atomic E-state index is 12.1. The minimum atomic E-state index is -0.386. The second kappa shape index (κ2) is 6.82. The molecule has 1 heterocycles. The maximum absolute atomic E-state index is 12.1. The van der Waals surface area contributed by atoms with Gasteiger partial charge in [-0.05, 0) is 27.7 Å². The molecule has 5 nitrogen and oxygen atoms in total. The molecule has 2 N–H and O–H groups in total. The molecule has 0 bridgehead atoms. The van der Waals surface area contributed by atoms with Crippen LogP contribution in [0, 0.1) is 5.41 Å². The van der Waals surface area contributed by atoms with Crippen LogP contribution in [0.3, 0.4) is 0 Å². The number of aliphatic imine (C=N–C) groups is 1. The van der Waals surface area contributed by atoms with Crippen molar-refractivity contribution < 1.29 is 4.79 Å². The van der Waals surface area contributed by atoms with Crippen LogP contribution in [-0.4, -0.2) is 53.3 Å². The summed E-state index contributed by atoms with van der Waals surface area (Å²) in [6.07, 6.45) is 1.60. The highest BCUT2D eigenvalue weighted by molar-refractivity contribution is 5.98. The number of piperazine rings is 1. The van der Waals surface area contributed by atoms with Gasteiger partial charge >= 0.3 is 0 Å². The summed E-state index contributed by atoms with van der Waals surface area (Å²) in [5.41, 5.74) is 6.51. The summed E-state index contributed by atoms with van der Waals surface area (Å²) in [6.45, 7) is 17.9. The largest absolute Gasteiger partial charge is 0.370 e. The number of rotatable bonds is 2. The summed E-state index contributed by atoms with van der Waals surface area (Å²) in [5, 5.41) is 0. The first-order chi connectivity index (χ1) is 9.93. The summed E-state index contributed by atoms with van der Waals surface area (Å²) in [5.74, 6) is 0.594. The molecule has 0 aromatic heterocycles. The molecule has 126 valence electrons. The number of ketones is 1. The van der Waals surface area contributed by atoms with E-state index in [0.717, 1.165) is 26.2 Å². The molecule has 0 aromatic carbocycles. The van der Waals surface area contributed by atoms with Crippen molar-refractivity contribution in [3.63, 3.8) is 0 Å². The fourth-order valence-corrected chi connectivity index (χ4v) is 2.50. The molecule has 0 aliphatic carbocycles. The Morgan fingerprint density at radius 1 is 1.05 bits per heavy atom. The zero-order chi connectivity index (χ0) is 17.1. The van der Waals surface area contributed by atoms with E-state index in [2.05, 4.69) is 35.6 Å². The number of nitrogens with zero attached hydrogens (tertiary/aromatic N) is 3. The summed E-state index contributed by atoms with van der Waals surface area (Å²) in [4.78, 5) is 20.9. The zero-order valence-corrected chi connectivity index (χ0v) is 15.2. The van der Waals surface area contributed by atoms with E-state index in [0.29, 0.717) is 11.5 Å². The lowest BCUT2D eigenvalue weighted by molar-refractivity contribution is -0.122. The average Bonchev–Trinajstić information content (AvgIpc) is 2.41. The van der Waals surface area contributed by atoms with Crippen molar-refractivity contribution in [2.75, 3.05) is 26.2 Å². The van der Waals surface area contributed by atoms with Gasteiger partial charge in [-0.25, -0.2) is 4.99 Å². The molecule has 0 amide bonds. The van der Waals surface area contributed by atoms with Gasteiger partial charge in [0.15, 0.2) is 11.7 Å². The monoisotopic (exact) mass is 308 g/mol. The molecule has 1 rings (SSSR count). The Morgan fingerprint density at radius 3 is 1.95 bits per heavy atom. The lowest BCUT2D eigenvalue weighted by Crippen LogP contribution is -2.56. The van der Waals surface area contributed by atoms with Crippen molar-refractivity contribution in [1.82, 2.24) is 9.80 Å². The number of carbonyl (C=O) groups is 1. The summed E-state index contributed by atoms with van der Waals surface area (Å²) in [6, 6.07) is 0. The Morgan fingerprint density at radius 2 is 1.55 bits per heavy atom. The smallest absolute Gasteiger partial charge is 0.195 e. The van der Waals surface area contributed by atoms with Crippen molar-refractivity contribution in [3.05, 3.63) is 11.8 Å². The second-order valence-corrected chi connectivity index (χ2v) is 8.02. The fourth-order valence-electron chi connectivity index (χ4n) is 2.50. The minimum absolute atomic E-state index is 0.0987. The highest BCUT2D eigenvalue weighted by Gasteiger charge is 2.26. The van der Waals surface area contributed by atoms with Crippen LogP contribution in [-0.2, 0) is 4.79 Å². The Bertz CT molecular complexity index is 458. The molecule has 1 aliphatic heterocycles. The van der Waals surface area contributed by atoms with Gasteiger partial charge in [-0.1, -0.05) is 20.8 Å². The Kier molecular flexibility index (Phi) is 5.79. The van der Waals surface area contributed by atoms with Crippen molar-refractivity contribution in [2.24, 2.45) is 16.1 Å². The molecule has 1 fully saturated rings. The lowest BCUT2D eigenvalue weighted by atomic mass is 9.87. The molecule has 0 unspecified atom stereocenters. The lowest BCUT2D eigenvalue weighted by Gasteiger charge is -2.42. The first-order valence-electron chi connectivity index (χ1n) is 7.98. The second-order valence-electron chi connectivity index (χ2n) is 8.02.